The summed E-state index contributed by atoms with van der Waals surface area (Å²) in [7, 11) is 0. The molecular weight excluding hydrogens is 464 g/mol. The van der Waals surface area contributed by atoms with Gasteiger partial charge in [-0.2, -0.15) is 0 Å². The van der Waals surface area contributed by atoms with Gasteiger partial charge in [0, 0.05) is 29.2 Å². The smallest absolute Gasteiger partial charge is 0.343 e. The molecule has 0 saturated carbocycles. The molecule has 0 bridgehead atoms. The monoisotopic (exact) mass is 486 g/mol. The molecule has 12 heteroatoms. The molecule has 33 heavy (non-hydrogen) atoms. The quantitative estimate of drug-likeness (QED) is 0.235. The minimum Gasteiger partial charge on any atom is -0.462 e. The normalized spacial score (nSPS) is 10.5. The number of nitrogens with zero attached hydrogens (tertiary/aromatic N) is 3. The molecule has 3 rings (SSSR count). The van der Waals surface area contributed by atoms with Crippen molar-refractivity contribution in [2.75, 3.05) is 28.7 Å². The van der Waals surface area contributed by atoms with E-state index in [2.05, 4.69) is 25.6 Å². The first-order chi connectivity index (χ1) is 15.9. The van der Waals surface area contributed by atoms with E-state index in [0.29, 0.717) is 22.9 Å². The van der Waals surface area contributed by atoms with Gasteiger partial charge in [0.15, 0.2) is 10.3 Å². The van der Waals surface area contributed by atoms with Gasteiger partial charge in [0.05, 0.1) is 18.1 Å². The first-order valence-electron chi connectivity index (χ1n) is 9.97. The van der Waals surface area contributed by atoms with Gasteiger partial charge in [-0.15, -0.1) is 11.3 Å². The van der Waals surface area contributed by atoms with E-state index in [1.54, 1.807) is 26.0 Å². The number of nitrogen functional groups attached to an aromatic ring is 1. The number of carbonyl (C=O) groups excluding carboxylic acids is 3. The van der Waals surface area contributed by atoms with Crippen LogP contribution in [0.25, 0.3) is 11.3 Å². The second kappa shape index (κ2) is 11.4. The van der Waals surface area contributed by atoms with Gasteiger partial charge in [0.2, 0.25) is 11.8 Å². The van der Waals surface area contributed by atoms with Crippen molar-refractivity contribution in [2.45, 2.75) is 25.4 Å². The van der Waals surface area contributed by atoms with Crippen LogP contribution in [0.1, 0.15) is 30.6 Å². The molecule has 3 aromatic rings. The van der Waals surface area contributed by atoms with E-state index in [1.165, 1.54) is 17.5 Å². The Hall–Kier alpha value is -3.51. The molecule has 1 aromatic carbocycles. The van der Waals surface area contributed by atoms with Crippen LogP contribution in [0.15, 0.2) is 41.0 Å². The second-order valence-corrected chi connectivity index (χ2v) is 8.33. The van der Waals surface area contributed by atoms with E-state index in [1.807, 2.05) is 17.5 Å². The van der Waals surface area contributed by atoms with Crippen molar-refractivity contribution in [1.29, 1.82) is 0 Å². The van der Waals surface area contributed by atoms with E-state index in [4.69, 9.17) is 10.5 Å². The Labute approximate surface area is 198 Å². The summed E-state index contributed by atoms with van der Waals surface area (Å²) < 4.78 is 4.88. The van der Waals surface area contributed by atoms with Crippen molar-refractivity contribution >= 4 is 57.5 Å². The maximum atomic E-state index is 12.3. The molecule has 2 aromatic heterocycles. The maximum Gasteiger partial charge on any atom is 0.343 e. The molecule has 0 radical (unpaired) electrons. The highest BCUT2D eigenvalue weighted by Crippen LogP contribution is 2.26. The van der Waals surface area contributed by atoms with Crippen molar-refractivity contribution in [1.82, 2.24) is 15.0 Å². The van der Waals surface area contributed by atoms with Crippen LogP contribution in [0, 0.1) is 0 Å². The average molecular weight is 487 g/mol. The van der Waals surface area contributed by atoms with Gasteiger partial charge in [-0.3, -0.25) is 9.59 Å². The molecule has 2 heterocycles. The molecule has 0 fully saturated rings. The third kappa shape index (κ3) is 6.73. The van der Waals surface area contributed by atoms with E-state index >= 15 is 0 Å². The predicted octanol–water partition coefficient (Wildman–Crippen LogP) is 3.44. The number of benzene rings is 1. The summed E-state index contributed by atoms with van der Waals surface area (Å²) in [6.07, 6.45) is 1.69. The summed E-state index contributed by atoms with van der Waals surface area (Å²) in [6, 6.07) is 7.30. The molecule has 4 N–H and O–H groups in total. The lowest BCUT2D eigenvalue weighted by Crippen LogP contribution is -2.15. The Balaban J connectivity index is 1.54. The fourth-order valence-electron chi connectivity index (χ4n) is 2.54. The zero-order chi connectivity index (χ0) is 23.8. The first kappa shape index (κ1) is 24.1. The first-order valence-corrected chi connectivity index (χ1v) is 11.8. The summed E-state index contributed by atoms with van der Waals surface area (Å²) in [6.45, 7) is 3.70. The molecule has 10 nitrogen and oxygen atoms in total. The summed E-state index contributed by atoms with van der Waals surface area (Å²) >= 11 is 2.38. The van der Waals surface area contributed by atoms with Gasteiger partial charge in [0.25, 0.3) is 0 Å². The number of nitrogens with two attached hydrogens (primary N) is 1. The van der Waals surface area contributed by atoms with Gasteiger partial charge in [-0.25, -0.2) is 19.7 Å². The Morgan fingerprint density at radius 2 is 1.85 bits per heavy atom. The molecule has 0 aliphatic carbocycles. The molecule has 2 amide bonds. The Kier molecular flexibility index (Phi) is 8.33. The number of hydrogen-bond donors (Lipinski definition) is 3. The van der Waals surface area contributed by atoms with Crippen LogP contribution in [0.3, 0.4) is 0 Å². The SMILES string of the molecule is CCOC(=O)c1cnc(SCC(=O)Nc2nc(-c3ccc(NC(=O)CC)cc3)cs2)nc1N. The Morgan fingerprint density at radius 3 is 2.52 bits per heavy atom. The summed E-state index contributed by atoms with van der Waals surface area (Å²) in [4.78, 5) is 48.0. The molecule has 0 spiro atoms. The number of anilines is 3. The third-order valence-electron chi connectivity index (χ3n) is 4.16. The van der Waals surface area contributed by atoms with E-state index in [-0.39, 0.29) is 40.7 Å². The van der Waals surface area contributed by atoms with Crippen LogP contribution in [-0.4, -0.2) is 45.1 Å². The average Bonchev–Trinajstić information content (AvgIpc) is 3.26. The van der Waals surface area contributed by atoms with Crippen LogP contribution < -0.4 is 16.4 Å². The third-order valence-corrected chi connectivity index (χ3v) is 5.78. The van der Waals surface area contributed by atoms with Crippen LogP contribution in [-0.2, 0) is 14.3 Å². The summed E-state index contributed by atoms with van der Waals surface area (Å²) in [5.74, 6) is -0.892. The lowest BCUT2D eigenvalue weighted by Gasteiger charge is -2.06. The van der Waals surface area contributed by atoms with Crippen molar-refractivity contribution < 1.29 is 19.1 Å². The Bertz CT molecular complexity index is 1150. The second-order valence-electron chi connectivity index (χ2n) is 6.53. The molecule has 0 atom stereocenters. The fraction of sp³-hybridized carbons (Fsp3) is 0.238. The highest BCUT2D eigenvalue weighted by Gasteiger charge is 2.15. The number of hydrogen-bond acceptors (Lipinski definition) is 10. The van der Waals surface area contributed by atoms with Crippen LogP contribution in [0.4, 0.5) is 16.6 Å². The van der Waals surface area contributed by atoms with Crippen LogP contribution in [0.2, 0.25) is 0 Å². The lowest BCUT2D eigenvalue weighted by atomic mass is 10.1. The topological polar surface area (TPSA) is 149 Å². The maximum absolute atomic E-state index is 12.3. The number of thiazole rings is 1. The lowest BCUT2D eigenvalue weighted by molar-refractivity contribution is -0.116. The number of rotatable bonds is 9. The van der Waals surface area contributed by atoms with Gasteiger partial charge in [0.1, 0.15) is 11.4 Å². The van der Waals surface area contributed by atoms with Gasteiger partial charge in [-0.1, -0.05) is 30.8 Å². The Morgan fingerprint density at radius 1 is 1.09 bits per heavy atom. The highest BCUT2D eigenvalue weighted by atomic mass is 32.2. The van der Waals surface area contributed by atoms with Crippen molar-refractivity contribution in [2.24, 2.45) is 0 Å². The standard InChI is InChI=1S/C21H22N6O4S2/c1-3-16(28)24-13-7-5-12(6-8-13)15-10-32-21(25-15)26-17(29)11-33-20-23-9-14(18(22)27-20)19(30)31-4-2/h5-10H,3-4,11H2,1-2H3,(H,24,28)(H2,22,23,27)(H,25,26,29). The molecular formula is C21H22N6O4S2. The number of thioether (sulfide) groups is 1. The molecule has 0 aliphatic rings. The summed E-state index contributed by atoms with van der Waals surface area (Å²) in [5, 5.41) is 8.09. The largest absolute Gasteiger partial charge is 0.462 e. The number of amides is 2. The van der Waals surface area contributed by atoms with Crippen molar-refractivity contribution in [3.8, 4) is 11.3 Å². The van der Waals surface area contributed by atoms with E-state index in [9.17, 15) is 14.4 Å². The molecule has 0 aliphatic heterocycles. The zero-order valence-electron chi connectivity index (χ0n) is 18.0. The number of esters is 1. The molecule has 0 saturated heterocycles. The van der Waals surface area contributed by atoms with Gasteiger partial charge in [-0.05, 0) is 19.1 Å². The number of aromatic nitrogens is 3. The number of ether oxygens (including phenoxy) is 1. The highest BCUT2D eigenvalue weighted by molar-refractivity contribution is 7.99. The zero-order valence-corrected chi connectivity index (χ0v) is 19.6. The van der Waals surface area contributed by atoms with Gasteiger partial charge < -0.3 is 21.1 Å². The van der Waals surface area contributed by atoms with E-state index in [0.717, 1.165) is 17.3 Å². The molecule has 172 valence electrons. The fourth-order valence-corrected chi connectivity index (χ4v) is 3.89. The number of nitrogens with one attached hydrogen (secondary N) is 2. The van der Waals surface area contributed by atoms with Crippen LogP contribution in [0.5, 0.6) is 0 Å². The van der Waals surface area contributed by atoms with Crippen molar-refractivity contribution in [3.05, 3.63) is 41.4 Å². The number of carbonyl (C=O) groups is 3. The summed E-state index contributed by atoms with van der Waals surface area (Å²) in [5.41, 5.74) is 8.16. The molecule has 0 unspecified atom stereocenters. The van der Waals surface area contributed by atoms with E-state index < -0.39 is 5.97 Å². The minimum atomic E-state index is -0.593. The van der Waals surface area contributed by atoms with Crippen LogP contribution >= 0.6 is 23.1 Å². The van der Waals surface area contributed by atoms with Gasteiger partial charge >= 0.3 is 5.97 Å². The van der Waals surface area contributed by atoms with Crippen molar-refractivity contribution in [3.63, 3.8) is 0 Å². The minimum absolute atomic E-state index is 0.00352. The predicted molar refractivity (Wildman–Crippen MR) is 128 cm³/mol.